The smallest absolute Gasteiger partial charge is 0.410 e. The molecule has 6 rings (SSSR count). The number of ether oxygens (including phenoxy) is 6. The number of nitro benzene ring substituents is 1. The van der Waals surface area contributed by atoms with E-state index in [1.807, 2.05) is 6.07 Å². The zero-order valence-electron chi connectivity index (χ0n) is 34.4. The van der Waals surface area contributed by atoms with Gasteiger partial charge in [-0.05, 0) is 80.2 Å². The molecular formula is C44H59N3O13. The first-order valence-electron chi connectivity index (χ1n) is 21.1. The van der Waals surface area contributed by atoms with Gasteiger partial charge in [0.15, 0.2) is 0 Å². The Morgan fingerprint density at radius 1 is 1.05 bits per heavy atom. The molecule has 7 unspecified atom stereocenters. The number of methoxy groups -OCH3 is 1. The minimum atomic E-state index is -1.53. The van der Waals surface area contributed by atoms with Gasteiger partial charge in [-0.3, -0.25) is 15.0 Å². The molecule has 2 heterocycles. The van der Waals surface area contributed by atoms with Crippen molar-refractivity contribution in [3.8, 4) is 17.2 Å². The standard InChI is InChI=1S/C44H59N3O13/c1-3-22-57-44-39(46(43(51)54-2)18-24-55-25-21-50)29-37(45-60-40-15-6-9-23-56-40)35-26-30(11-4-7-19-48)34(14-5-8-20-49)41(42(35)44)36-28-33(16-17-38(36)59-44)58-32-13-10-12-31(27-32)47(52)53/h3,10,12-13,16-17,26-28,30,34,39-42,48-50H,1,4-9,11,14-15,18-25,29H2,2H3. The maximum absolute atomic E-state index is 14.0. The lowest BCUT2D eigenvalue weighted by molar-refractivity contribution is -0.384. The van der Waals surface area contributed by atoms with Crippen LogP contribution in [0.5, 0.6) is 17.2 Å². The zero-order valence-corrected chi connectivity index (χ0v) is 34.4. The molecule has 7 atom stereocenters. The first kappa shape index (κ1) is 45.0. The van der Waals surface area contributed by atoms with Crippen molar-refractivity contribution in [3.63, 3.8) is 0 Å². The van der Waals surface area contributed by atoms with Gasteiger partial charge in [-0.25, -0.2) is 4.79 Å². The maximum atomic E-state index is 14.0. The molecule has 328 valence electrons. The second kappa shape index (κ2) is 21.8. The van der Waals surface area contributed by atoms with Crippen LogP contribution in [-0.2, 0) is 23.8 Å². The van der Waals surface area contributed by atoms with Gasteiger partial charge in [0.2, 0.25) is 12.1 Å². The van der Waals surface area contributed by atoms with Crippen LogP contribution < -0.4 is 9.47 Å². The number of aliphatic hydroxyl groups is 3. The molecule has 2 aliphatic carbocycles. The highest BCUT2D eigenvalue weighted by atomic mass is 16.8. The van der Waals surface area contributed by atoms with Gasteiger partial charge < -0.3 is 48.6 Å². The second-order valence-corrected chi connectivity index (χ2v) is 15.5. The molecule has 2 fully saturated rings. The van der Waals surface area contributed by atoms with Gasteiger partial charge in [0, 0.05) is 50.1 Å². The van der Waals surface area contributed by atoms with Crippen LogP contribution in [0.1, 0.15) is 75.7 Å². The van der Waals surface area contributed by atoms with Crippen molar-refractivity contribution < 1.29 is 58.3 Å². The van der Waals surface area contributed by atoms with Gasteiger partial charge in [0.05, 0.1) is 62.8 Å². The Bertz CT molecular complexity index is 1820. The summed E-state index contributed by atoms with van der Waals surface area (Å²) < 4.78 is 37.4. The van der Waals surface area contributed by atoms with Crippen LogP contribution in [0, 0.1) is 27.9 Å². The highest BCUT2D eigenvalue weighted by Crippen LogP contribution is 2.62. The van der Waals surface area contributed by atoms with Crippen molar-refractivity contribution in [2.24, 2.45) is 22.9 Å². The summed E-state index contributed by atoms with van der Waals surface area (Å²) in [7, 11) is 1.31. The zero-order chi connectivity index (χ0) is 42.5. The number of allylic oxidation sites excluding steroid dienone is 1. The van der Waals surface area contributed by atoms with E-state index >= 15 is 0 Å². The molecule has 4 aliphatic rings. The van der Waals surface area contributed by atoms with E-state index in [-0.39, 0.29) is 76.0 Å². The molecule has 1 saturated heterocycles. The van der Waals surface area contributed by atoms with E-state index in [0.29, 0.717) is 48.8 Å². The monoisotopic (exact) mass is 837 g/mol. The van der Waals surface area contributed by atoms with E-state index in [1.165, 1.54) is 19.2 Å². The van der Waals surface area contributed by atoms with Crippen molar-refractivity contribution in [3.05, 3.63) is 82.4 Å². The Balaban J connectivity index is 1.57. The third-order valence-electron chi connectivity index (χ3n) is 11.8. The molecular weight excluding hydrogens is 778 g/mol. The molecule has 16 heteroatoms. The predicted molar refractivity (Wildman–Crippen MR) is 220 cm³/mol. The Kier molecular flexibility index (Phi) is 16.3. The van der Waals surface area contributed by atoms with Crippen LogP contribution in [0.25, 0.3) is 0 Å². The van der Waals surface area contributed by atoms with E-state index in [9.17, 15) is 30.2 Å². The fourth-order valence-electron chi connectivity index (χ4n) is 9.25. The van der Waals surface area contributed by atoms with Gasteiger partial charge in [-0.15, -0.1) is 6.58 Å². The molecule has 2 aromatic rings. The molecule has 0 bridgehead atoms. The Labute approximate surface area is 350 Å². The van der Waals surface area contributed by atoms with Crippen molar-refractivity contribution in [2.75, 3.05) is 59.9 Å². The molecule has 60 heavy (non-hydrogen) atoms. The Morgan fingerprint density at radius 2 is 1.85 bits per heavy atom. The summed E-state index contributed by atoms with van der Waals surface area (Å²) in [6.45, 7) is 4.75. The van der Waals surface area contributed by atoms with Crippen LogP contribution in [-0.4, -0.2) is 115 Å². The third kappa shape index (κ3) is 10.3. The van der Waals surface area contributed by atoms with E-state index in [1.54, 1.807) is 35.2 Å². The molecule has 16 nitrogen and oxygen atoms in total. The van der Waals surface area contributed by atoms with E-state index < -0.39 is 35.1 Å². The number of nitrogens with zero attached hydrogens (tertiary/aromatic N) is 3. The lowest BCUT2D eigenvalue weighted by atomic mass is 9.55. The van der Waals surface area contributed by atoms with Crippen molar-refractivity contribution in [2.45, 2.75) is 88.2 Å². The van der Waals surface area contributed by atoms with Crippen LogP contribution in [0.15, 0.2) is 71.9 Å². The lowest BCUT2D eigenvalue weighted by Crippen LogP contribution is -2.70. The van der Waals surface area contributed by atoms with E-state index in [2.05, 4.69) is 12.7 Å². The number of nitro groups is 1. The van der Waals surface area contributed by atoms with Crippen molar-refractivity contribution in [1.82, 2.24) is 4.90 Å². The van der Waals surface area contributed by atoms with Crippen LogP contribution in [0.2, 0.25) is 0 Å². The number of hydrogen-bond donors (Lipinski definition) is 3. The number of carbonyl (C=O) groups is 1. The normalized spacial score (nSPS) is 26.2. The number of unbranched alkanes of at least 4 members (excludes halogenated alkanes) is 2. The molecule has 2 aliphatic heterocycles. The van der Waals surface area contributed by atoms with Crippen LogP contribution >= 0.6 is 0 Å². The minimum absolute atomic E-state index is 0.00725. The highest BCUT2D eigenvalue weighted by Gasteiger charge is 2.65. The number of carbonyl (C=O) groups excluding carboxylic acids is 1. The van der Waals surface area contributed by atoms with Gasteiger partial charge in [-0.2, -0.15) is 0 Å². The average molecular weight is 838 g/mol. The number of fused-ring (bicyclic) bond motifs is 2. The maximum Gasteiger partial charge on any atom is 0.410 e. The molecule has 0 radical (unpaired) electrons. The topological polar surface area (TPSA) is 201 Å². The number of non-ortho nitro benzene ring substituents is 1. The third-order valence-corrected chi connectivity index (χ3v) is 11.8. The number of benzene rings is 2. The Morgan fingerprint density at radius 3 is 2.57 bits per heavy atom. The number of aliphatic hydroxyl groups excluding tert-OH is 3. The summed E-state index contributed by atoms with van der Waals surface area (Å²) in [5.74, 6) is -1.28. The van der Waals surface area contributed by atoms with Crippen molar-refractivity contribution in [1.29, 1.82) is 0 Å². The number of oxime groups is 1. The first-order valence-corrected chi connectivity index (χ1v) is 21.1. The molecule has 1 saturated carbocycles. The summed E-state index contributed by atoms with van der Waals surface area (Å²) in [4.78, 5) is 32.8. The molecule has 3 N–H and O–H groups in total. The van der Waals surface area contributed by atoms with Gasteiger partial charge in [0.1, 0.15) is 23.3 Å². The van der Waals surface area contributed by atoms with Crippen LogP contribution in [0.4, 0.5) is 10.5 Å². The summed E-state index contributed by atoms with van der Waals surface area (Å²) in [6, 6.07) is 10.6. The Hall–Kier alpha value is -4.58. The van der Waals surface area contributed by atoms with Gasteiger partial charge >= 0.3 is 6.09 Å². The lowest BCUT2D eigenvalue weighted by Gasteiger charge is -2.59. The molecule has 1 amide bonds. The summed E-state index contributed by atoms with van der Waals surface area (Å²) in [6.07, 6.45) is 9.60. The quantitative estimate of drug-likeness (QED) is 0.0495. The number of amides is 1. The largest absolute Gasteiger partial charge is 0.459 e. The number of hydrogen-bond acceptors (Lipinski definition) is 14. The highest BCUT2D eigenvalue weighted by molar-refractivity contribution is 6.03. The van der Waals surface area contributed by atoms with E-state index in [4.69, 9.17) is 38.4 Å². The molecule has 2 aromatic carbocycles. The van der Waals surface area contributed by atoms with Gasteiger partial charge in [0.25, 0.3) is 5.69 Å². The predicted octanol–water partition coefficient (Wildman–Crippen LogP) is 6.62. The summed E-state index contributed by atoms with van der Waals surface area (Å²) in [5, 5.41) is 45.7. The second-order valence-electron chi connectivity index (χ2n) is 15.5. The van der Waals surface area contributed by atoms with Crippen molar-refractivity contribution >= 4 is 17.5 Å². The fraction of sp³-hybridized carbons (Fsp3) is 0.591. The summed E-state index contributed by atoms with van der Waals surface area (Å²) >= 11 is 0. The minimum Gasteiger partial charge on any atom is -0.459 e. The molecule has 0 spiro atoms. The SMILES string of the molecule is C=CCOC12Oc3ccc(Oc4cccc([N+](=O)[O-])c4)cc3C3C(CCCCO)C(CCCCO)C=C(C(=NOC4CCCCO4)CC1N(CCOCCO)C(=O)OC)C32. The number of rotatable bonds is 22. The van der Waals surface area contributed by atoms with E-state index in [0.717, 1.165) is 49.7 Å². The summed E-state index contributed by atoms with van der Waals surface area (Å²) in [5.41, 5.74) is 2.16. The van der Waals surface area contributed by atoms with Crippen LogP contribution in [0.3, 0.4) is 0 Å². The van der Waals surface area contributed by atoms with Gasteiger partial charge in [-0.1, -0.05) is 36.2 Å². The first-order chi connectivity index (χ1) is 29.3. The molecule has 0 aromatic heterocycles. The fourth-order valence-corrected chi connectivity index (χ4v) is 9.25. The average Bonchev–Trinajstić information content (AvgIpc) is 3.26.